The van der Waals surface area contributed by atoms with E-state index in [1.54, 1.807) is 48.5 Å². The molecular formula is C18H20O6. The zero-order chi connectivity index (χ0) is 17.9. The van der Waals surface area contributed by atoms with Crippen LogP contribution in [0.25, 0.3) is 0 Å². The summed E-state index contributed by atoms with van der Waals surface area (Å²) in [7, 11) is 2.49. The highest BCUT2D eigenvalue weighted by molar-refractivity contribution is 5.76. The van der Waals surface area contributed by atoms with Gasteiger partial charge in [0.15, 0.2) is 12.2 Å². The summed E-state index contributed by atoms with van der Waals surface area (Å²) in [5.74, 6) is -1.28. The molecule has 2 aromatic carbocycles. The minimum Gasteiger partial charge on any atom is -0.467 e. The topological polar surface area (TPSA) is 93.1 Å². The van der Waals surface area contributed by atoms with Gasteiger partial charge in [-0.1, -0.05) is 60.7 Å². The number of hydrogen-bond acceptors (Lipinski definition) is 6. The number of rotatable bonds is 4. The summed E-state index contributed by atoms with van der Waals surface area (Å²) >= 11 is 0. The van der Waals surface area contributed by atoms with Gasteiger partial charge in [-0.05, 0) is 11.1 Å². The van der Waals surface area contributed by atoms with Crippen molar-refractivity contribution in [3.8, 4) is 0 Å². The maximum Gasteiger partial charge on any atom is 0.339 e. The highest BCUT2D eigenvalue weighted by Gasteiger charge is 2.17. The van der Waals surface area contributed by atoms with Gasteiger partial charge in [0.2, 0.25) is 0 Å². The fourth-order valence-electron chi connectivity index (χ4n) is 1.77. The molecule has 0 aromatic heterocycles. The predicted octanol–water partition coefficient (Wildman–Crippen LogP) is 1.79. The molecule has 0 aliphatic carbocycles. The third kappa shape index (κ3) is 5.83. The molecular weight excluding hydrogens is 312 g/mol. The highest BCUT2D eigenvalue weighted by atomic mass is 16.5. The first-order chi connectivity index (χ1) is 11.5. The lowest BCUT2D eigenvalue weighted by molar-refractivity contribution is -0.151. The first-order valence-electron chi connectivity index (χ1n) is 7.13. The number of esters is 2. The van der Waals surface area contributed by atoms with Crippen molar-refractivity contribution in [3.63, 3.8) is 0 Å². The first kappa shape index (κ1) is 19.3. The number of methoxy groups -OCH3 is 2. The second-order valence-electron chi connectivity index (χ2n) is 4.67. The number of benzene rings is 2. The molecule has 2 N–H and O–H groups in total. The number of carbonyl (C=O) groups is 2. The lowest BCUT2D eigenvalue weighted by Crippen LogP contribution is -2.13. The van der Waals surface area contributed by atoms with Crippen LogP contribution in [0.15, 0.2) is 60.7 Å². The molecule has 2 aromatic rings. The molecule has 0 saturated heterocycles. The summed E-state index contributed by atoms with van der Waals surface area (Å²) in [6.45, 7) is 0. The maximum atomic E-state index is 10.8. The molecule has 0 aliphatic heterocycles. The summed E-state index contributed by atoms with van der Waals surface area (Å²) in [5.41, 5.74) is 1.09. The van der Waals surface area contributed by atoms with Gasteiger partial charge in [-0.2, -0.15) is 0 Å². The van der Waals surface area contributed by atoms with Crippen molar-refractivity contribution in [2.24, 2.45) is 0 Å². The quantitative estimate of drug-likeness (QED) is 0.829. The molecule has 128 valence electrons. The lowest BCUT2D eigenvalue weighted by Gasteiger charge is -2.07. The fraction of sp³-hybridized carbons (Fsp3) is 0.222. The van der Waals surface area contributed by atoms with Crippen LogP contribution in [-0.4, -0.2) is 36.4 Å². The third-order valence-electron chi connectivity index (χ3n) is 3.08. The summed E-state index contributed by atoms with van der Waals surface area (Å²) in [5, 5.41) is 18.6. The van der Waals surface area contributed by atoms with E-state index in [1.807, 2.05) is 12.1 Å². The Morgan fingerprint density at radius 3 is 1.25 bits per heavy atom. The van der Waals surface area contributed by atoms with Crippen LogP contribution in [0.2, 0.25) is 0 Å². The van der Waals surface area contributed by atoms with Crippen LogP contribution in [0.1, 0.15) is 23.3 Å². The molecule has 0 saturated carbocycles. The average Bonchev–Trinajstić information content (AvgIpc) is 2.67. The van der Waals surface area contributed by atoms with Crippen LogP contribution in [0.4, 0.5) is 0 Å². The molecule has 0 spiro atoms. The molecule has 6 heteroatoms. The predicted molar refractivity (Wildman–Crippen MR) is 86.8 cm³/mol. The van der Waals surface area contributed by atoms with Crippen molar-refractivity contribution in [2.75, 3.05) is 14.2 Å². The van der Waals surface area contributed by atoms with E-state index in [2.05, 4.69) is 9.47 Å². The van der Waals surface area contributed by atoms with Gasteiger partial charge in [0.1, 0.15) is 0 Å². The Balaban J connectivity index is 0.000000240. The van der Waals surface area contributed by atoms with Crippen LogP contribution in [-0.2, 0) is 19.1 Å². The van der Waals surface area contributed by atoms with E-state index < -0.39 is 24.1 Å². The molecule has 0 aliphatic rings. The van der Waals surface area contributed by atoms with E-state index in [1.165, 1.54) is 14.2 Å². The summed E-state index contributed by atoms with van der Waals surface area (Å²) in [4.78, 5) is 21.7. The number of aliphatic hydroxyl groups excluding tert-OH is 2. The molecule has 0 radical (unpaired) electrons. The normalized spacial score (nSPS) is 12.2. The molecule has 2 rings (SSSR count). The van der Waals surface area contributed by atoms with Gasteiger partial charge in [-0.15, -0.1) is 0 Å². The van der Waals surface area contributed by atoms with E-state index in [0.717, 1.165) is 0 Å². The largest absolute Gasteiger partial charge is 0.467 e. The van der Waals surface area contributed by atoms with Crippen molar-refractivity contribution >= 4 is 11.9 Å². The molecule has 2 atom stereocenters. The van der Waals surface area contributed by atoms with Crippen molar-refractivity contribution in [1.82, 2.24) is 0 Å². The minimum atomic E-state index is -1.17. The van der Waals surface area contributed by atoms with Crippen molar-refractivity contribution < 1.29 is 29.3 Å². The van der Waals surface area contributed by atoms with Crippen LogP contribution in [0.3, 0.4) is 0 Å². The van der Waals surface area contributed by atoms with E-state index in [0.29, 0.717) is 11.1 Å². The van der Waals surface area contributed by atoms with Crippen LogP contribution in [0, 0.1) is 0 Å². The highest BCUT2D eigenvalue weighted by Crippen LogP contribution is 2.13. The fourth-order valence-corrected chi connectivity index (χ4v) is 1.77. The zero-order valence-electron chi connectivity index (χ0n) is 13.5. The monoisotopic (exact) mass is 332 g/mol. The van der Waals surface area contributed by atoms with Gasteiger partial charge in [-0.25, -0.2) is 9.59 Å². The van der Waals surface area contributed by atoms with E-state index in [-0.39, 0.29) is 0 Å². The molecule has 0 amide bonds. The average molecular weight is 332 g/mol. The van der Waals surface area contributed by atoms with Gasteiger partial charge in [0, 0.05) is 0 Å². The molecule has 0 fully saturated rings. The van der Waals surface area contributed by atoms with Crippen LogP contribution < -0.4 is 0 Å². The number of ether oxygens (including phenoxy) is 2. The molecule has 0 heterocycles. The summed E-state index contributed by atoms with van der Waals surface area (Å²) < 4.78 is 8.75. The standard InChI is InChI=1S/2C9H10O3/c2*1-12-9(11)8(10)7-5-3-2-4-6-7/h2*2-6,8,10H,1H3/t8-;/m0./s1. The van der Waals surface area contributed by atoms with Gasteiger partial charge >= 0.3 is 11.9 Å². The minimum absolute atomic E-state index is 0.546. The van der Waals surface area contributed by atoms with Gasteiger partial charge < -0.3 is 19.7 Å². The van der Waals surface area contributed by atoms with Gasteiger partial charge in [0.25, 0.3) is 0 Å². The molecule has 24 heavy (non-hydrogen) atoms. The Morgan fingerprint density at radius 2 is 1.00 bits per heavy atom. The Morgan fingerprint density at radius 1 is 0.708 bits per heavy atom. The smallest absolute Gasteiger partial charge is 0.339 e. The Hall–Kier alpha value is -2.70. The van der Waals surface area contributed by atoms with Gasteiger partial charge in [-0.3, -0.25) is 0 Å². The third-order valence-corrected chi connectivity index (χ3v) is 3.08. The molecule has 1 unspecified atom stereocenters. The lowest BCUT2D eigenvalue weighted by atomic mass is 10.1. The molecule has 6 nitrogen and oxygen atoms in total. The number of aliphatic hydroxyl groups is 2. The number of carbonyl (C=O) groups excluding carboxylic acids is 2. The van der Waals surface area contributed by atoms with Gasteiger partial charge in [0.05, 0.1) is 14.2 Å². The summed E-state index contributed by atoms with van der Waals surface area (Å²) in [6.07, 6.45) is -2.34. The van der Waals surface area contributed by atoms with Crippen molar-refractivity contribution in [3.05, 3.63) is 71.8 Å². The van der Waals surface area contributed by atoms with Crippen molar-refractivity contribution in [1.29, 1.82) is 0 Å². The van der Waals surface area contributed by atoms with Crippen LogP contribution >= 0.6 is 0 Å². The van der Waals surface area contributed by atoms with Crippen LogP contribution in [0.5, 0.6) is 0 Å². The van der Waals surface area contributed by atoms with E-state index in [4.69, 9.17) is 0 Å². The summed E-state index contributed by atoms with van der Waals surface area (Å²) in [6, 6.07) is 17.3. The van der Waals surface area contributed by atoms with Crippen molar-refractivity contribution in [2.45, 2.75) is 12.2 Å². The Labute approximate surface area is 140 Å². The number of hydrogen-bond donors (Lipinski definition) is 2. The van der Waals surface area contributed by atoms with E-state index >= 15 is 0 Å². The maximum absolute atomic E-state index is 10.8. The Kier molecular flexibility index (Phi) is 8.18. The molecule has 0 bridgehead atoms. The van der Waals surface area contributed by atoms with E-state index in [9.17, 15) is 19.8 Å². The SMILES string of the molecule is COC(=O)C(O)c1ccccc1.COC(=O)[C@@H](O)c1ccccc1. The second-order valence-corrected chi connectivity index (χ2v) is 4.67. The zero-order valence-corrected chi connectivity index (χ0v) is 13.5. The second kappa shape index (κ2) is 10.1. The Bertz CT molecular complexity index is 569. The first-order valence-corrected chi connectivity index (χ1v) is 7.13.